The second-order valence-corrected chi connectivity index (χ2v) is 7.99. The van der Waals surface area contributed by atoms with Gasteiger partial charge in [0, 0.05) is 12.2 Å². The van der Waals surface area contributed by atoms with E-state index in [0.717, 1.165) is 5.56 Å². The zero-order chi connectivity index (χ0) is 19.6. The molecule has 1 aromatic rings. The number of carbonyl (C=O) groups is 2. The number of amidine groups is 1. The summed E-state index contributed by atoms with van der Waals surface area (Å²) in [6, 6.07) is 6.87. The Bertz CT molecular complexity index is 799. The van der Waals surface area contributed by atoms with Crippen LogP contribution in [0.2, 0.25) is 0 Å². The van der Waals surface area contributed by atoms with E-state index in [4.69, 9.17) is 9.47 Å². The molecule has 2 heterocycles. The number of hydrogen-bond acceptors (Lipinski definition) is 6. The number of allylic oxidation sites excluding steroid dienone is 1. The zero-order valence-corrected chi connectivity index (χ0v) is 16.8. The topological polar surface area (TPSA) is 68.2 Å². The van der Waals surface area contributed by atoms with Crippen LogP contribution in [-0.2, 0) is 14.3 Å². The number of aliphatic imine (C=N–C) groups is 1. The van der Waals surface area contributed by atoms with Crippen molar-refractivity contribution in [3.63, 3.8) is 0 Å². The summed E-state index contributed by atoms with van der Waals surface area (Å²) in [5.41, 5.74) is 1.84. The first-order chi connectivity index (χ1) is 12.9. The van der Waals surface area contributed by atoms with Crippen molar-refractivity contribution in [3.05, 3.63) is 41.1 Å². The second-order valence-electron chi connectivity index (χ2n) is 6.92. The zero-order valence-electron chi connectivity index (χ0n) is 16.0. The lowest BCUT2D eigenvalue weighted by atomic mass is 9.94. The molecule has 6 nitrogen and oxygen atoms in total. The number of carbonyl (C=O) groups excluding carboxylic acids is 2. The third-order valence-corrected chi connectivity index (χ3v) is 5.36. The number of thioether (sulfide) groups is 1. The fraction of sp³-hybridized carbons (Fsp3) is 0.450. The van der Waals surface area contributed by atoms with Crippen LogP contribution in [-0.4, -0.2) is 41.4 Å². The molecule has 0 bridgehead atoms. The van der Waals surface area contributed by atoms with Crippen LogP contribution in [0.3, 0.4) is 0 Å². The van der Waals surface area contributed by atoms with Crippen molar-refractivity contribution in [3.8, 4) is 5.75 Å². The first-order valence-corrected chi connectivity index (χ1v) is 9.96. The molecule has 1 atom stereocenters. The molecule has 2 aliphatic rings. The standard InChI is InChI=1S/C20H24N2O4S/c1-12(2)11-26-19(24)17-13(3)21-20-22(16(23)9-10-27-20)18(17)14-5-7-15(25-4)8-6-14/h5-8,12,18H,9-11H2,1-4H3/t18-/m0/s1. The van der Waals surface area contributed by atoms with Crippen LogP contribution in [0.15, 0.2) is 40.5 Å². The highest BCUT2D eigenvalue weighted by Gasteiger charge is 2.41. The molecule has 0 spiro atoms. The minimum atomic E-state index is -0.539. The van der Waals surface area contributed by atoms with Gasteiger partial charge < -0.3 is 9.47 Å². The summed E-state index contributed by atoms with van der Waals surface area (Å²) in [5, 5.41) is 0.643. The molecule has 1 saturated heterocycles. The van der Waals surface area contributed by atoms with Crippen LogP contribution >= 0.6 is 11.8 Å². The van der Waals surface area contributed by atoms with Gasteiger partial charge in [-0.05, 0) is 30.5 Å². The summed E-state index contributed by atoms with van der Waals surface area (Å²) < 4.78 is 10.7. The number of nitrogens with zero attached hydrogens (tertiary/aromatic N) is 2. The maximum Gasteiger partial charge on any atom is 0.338 e. The van der Waals surface area contributed by atoms with Crippen LogP contribution in [0.4, 0.5) is 0 Å². The quantitative estimate of drug-likeness (QED) is 0.722. The highest BCUT2D eigenvalue weighted by molar-refractivity contribution is 8.14. The molecular weight excluding hydrogens is 364 g/mol. The lowest BCUT2D eigenvalue weighted by Crippen LogP contribution is -2.45. The lowest BCUT2D eigenvalue weighted by molar-refractivity contribution is -0.141. The molecule has 1 aromatic carbocycles. The minimum absolute atomic E-state index is 0.0324. The summed E-state index contributed by atoms with van der Waals surface area (Å²) in [7, 11) is 1.60. The Balaban J connectivity index is 2.05. The monoisotopic (exact) mass is 388 g/mol. The number of rotatable bonds is 5. The highest BCUT2D eigenvalue weighted by atomic mass is 32.2. The normalized spacial score (nSPS) is 19.7. The molecule has 0 aliphatic carbocycles. The number of fused-ring (bicyclic) bond motifs is 1. The maximum absolute atomic E-state index is 12.9. The molecule has 0 radical (unpaired) electrons. The molecule has 0 aromatic heterocycles. The van der Waals surface area contributed by atoms with Gasteiger partial charge in [-0.15, -0.1) is 0 Å². The van der Waals surface area contributed by atoms with E-state index in [1.807, 2.05) is 38.1 Å². The minimum Gasteiger partial charge on any atom is -0.497 e. The molecule has 2 aliphatic heterocycles. The van der Waals surface area contributed by atoms with Gasteiger partial charge in [0.05, 0.1) is 31.0 Å². The Morgan fingerprint density at radius 1 is 1.33 bits per heavy atom. The van der Waals surface area contributed by atoms with Gasteiger partial charge in [-0.3, -0.25) is 9.69 Å². The van der Waals surface area contributed by atoms with Gasteiger partial charge in [-0.25, -0.2) is 9.79 Å². The van der Waals surface area contributed by atoms with E-state index < -0.39 is 12.0 Å². The number of amides is 1. The van der Waals surface area contributed by atoms with E-state index in [1.165, 1.54) is 11.8 Å². The smallest absolute Gasteiger partial charge is 0.338 e. The van der Waals surface area contributed by atoms with E-state index in [-0.39, 0.29) is 11.8 Å². The Morgan fingerprint density at radius 3 is 2.67 bits per heavy atom. The van der Waals surface area contributed by atoms with Gasteiger partial charge in [0.15, 0.2) is 5.17 Å². The van der Waals surface area contributed by atoms with E-state index in [0.29, 0.717) is 41.0 Å². The first-order valence-electron chi connectivity index (χ1n) is 8.97. The van der Waals surface area contributed by atoms with Gasteiger partial charge in [-0.2, -0.15) is 0 Å². The number of ether oxygens (including phenoxy) is 2. The molecule has 7 heteroatoms. The number of esters is 1. The molecule has 3 rings (SSSR count). The van der Waals surface area contributed by atoms with Crippen molar-refractivity contribution < 1.29 is 19.1 Å². The van der Waals surface area contributed by atoms with Crippen LogP contribution in [0, 0.1) is 5.92 Å². The van der Waals surface area contributed by atoms with Gasteiger partial charge in [0.1, 0.15) is 5.75 Å². The number of methoxy groups -OCH3 is 1. The third kappa shape index (κ3) is 4.03. The van der Waals surface area contributed by atoms with Gasteiger partial charge in [0.2, 0.25) is 5.91 Å². The van der Waals surface area contributed by atoms with Gasteiger partial charge in [0.25, 0.3) is 0 Å². The van der Waals surface area contributed by atoms with E-state index in [1.54, 1.807) is 18.9 Å². The Kier molecular flexibility index (Phi) is 5.89. The average Bonchev–Trinajstić information content (AvgIpc) is 2.65. The van der Waals surface area contributed by atoms with Gasteiger partial charge >= 0.3 is 5.97 Å². The van der Waals surface area contributed by atoms with Crippen LogP contribution < -0.4 is 4.74 Å². The van der Waals surface area contributed by atoms with Crippen molar-refractivity contribution in [1.29, 1.82) is 0 Å². The predicted octanol–water partition coefficient (Wildman–Crippen LogP) is 3.54. The third-order valence-electron chi connectivity index (χ3n) is 4.41. The van der Waals surface area contributed by atoms with Gasteiger partial charge in [-0.1, -0.05) is 37.7 Å². The summed E-state index contributed by atoms with van der Waals surface area (Å²) in [6.45, 7) is 6.09. The van der Waals surface area contributed by atoms with Crippen molar-refractivity contribution in [2.75, 3.05) is 19.5 Å². The van der Waals surface area contributed by atoms with Crippen molar-refractivity contribution in [2.24, 2.45) is 10.9 Å². The fourth-order valence-electron chi connectivity index (χ4n) is 3.08. The van der Waals surface area contributed by atoms with Crippen molar-refractivity contribution in [2.45, 2.75) is 33.2 Å². The highest BCUT2D eigenvalue weighted by Crippen LogP contribution is 2.40. The Morgan fingerprint density at radius 2 is 2.04 bits per heavy atom. The Labute approximate surface area is 163 Å². The molecule has 0 N–H and O–H groups in total. The summed E-state index contributed by atoms with van der Waals surface area (Å²) in [5.74, 6) is 1.18. The number of benzene rings is 1. The molecular formula is C20H24N2O4S. The van der Waals surface area contributed by atoms with Crippen LogP contribution in [0.25, 0.3) is 0 Å². The molecule has 1 amide bonds. The van der Waals surface area contributed by atoms with Crippen LogP contribution in [0.5, 0.6) is 5.75 Å². The van der Waals surface area contributed by atoms with E-state index in [9.17, 15) is 9.59 Å². The van der Waals surface area contributed by atoms with E-state index >= 15 is 0 Å². The molecule has 1 fully saturated rings. The number of hydrogen-bond donors (Lipinski definition) is 0. The van der Waals surface area contributed by atoms with Crippen molar-refractivity contribution >= 4 is 28.8 Å². The second kappa shape index (κ2) is 8.17. The Hall–Kier alpha value is -2.28. The van der Waals surface area contributed by atoms with E-state index in [2.05, 4.69) is 4.99 Å². The first kappa shape index (κ1) is 19.5. The SMILES string of the molecule is COc1ccc([C@H]2C(C(=O)OCC(C)C)=C(C)N=C3SCCC(=O)N32)cc1. The fourth-order valence-corrected chi connectivity index (χ4v) is 4.09. The summed E-state index contributed by atoms with van der Waals surface area (Å²) in [4.78, 5) is 31.8. The van der Waals surface area contributed by atoms with Crippen molar-refractivity contribution in [1.82, 2.24) is 4.90 Å². The van der Waals surface area contributed by atoms with Crippen LogP contribution in [0.1, 0.15) is 38.8 Å². The average molecular weight is 388 g/mol. The molecule has 27 heavy (non-hydrogen) atoms. The molecule has 0 unspecified atom stereocenters. The maximum atomic E-state index is 12.9. The molecule has 144 valence electrons. The largest absolute Gasteiger partial charge is 0.497 e. The lowest BCUT2D eigenvalue weighted by Gasteiger charge is -2.39. The summed E-state index contributed by atoms with van der Waals surface area (Å²) >= 11 is 1.54. The predicted molar refractivity (Wildman–Crippen MR) is 106 cm³/mol. The summed E-state index contributed by atoms with van der Waals surface area (Å²) in [6.07, 6.45) is 0.420. The molecule has 0 saturated carbocycles.